The third kappa shape index (κ3) is 6.65. The van der Waals surface area contributed by atoms with E-state index in [0.717, 1.165) is 38.6 Å². The molecule has 1 aromatic carbocycles. The molecule has 0 spiro atoms. The second kappa shape index (κ2) is 9.60. The second-order valence-corrected chi connectivity index (χ2v) is 7.48. The quantitative estimate of drug-likeness (QED) is 0.805. The van der Waals surface area contributed by atoms with Crippen LogP contribution in [0.15, 0.2) is 30.3 Å². The molecule has 2 N–H and O–H groups in total. The Kier molecular flexibility index (Phi) is 7.46. The number of hydrogen-bond acceptors (Lipinski definition) is 3. The van der Waals surface area contributed by atoms with E-state index in [2.05, 4.69) is 41.8 Å². The molecular weight excluding hydrogens is 308 g/mol. The molecule has 0 aliphatic carbocycles. The normalized spacial score (nSPS) is 19.5. The highest BCUT2D eigenvalue weighted by atomic mass is 32.2. The zero-order valence-electron chi connectivity index (χ0n) is 13.7. The van der Waals surface area contributed by atoms with Gasteiger partial charge < -0.3 is 10.6 Å². The van der Waals surface area contributed by atoms with Gasteiger partial charge in [-0.15, -0.1) is 11.8 Å². The van der Waals surface area contributed by atoms with E-state index in [4.69, 9.17) is 0 Å². The van der Waals surface area contributed by atoms with Gasteiger partial charge in [-0.05, 0) is 37.7 Å². The van der Waals surface area contributed by atoms with Crippen LogP contribution in [0.25, 0.3) is 0 Å². The molecule has 1 saturated heterocycles. The van der Waals surface area contributed by atoms with Crippen molar-refractivity contribution in [1.29, 1.82) is 0 Å². The minimum absolute atomic E-state index is 0.0383. The number of amides is 2. The summed E-state index contributed by atoms with van der Waals surface area (Å²) in [5, 5.41) is 6.13. The van der Waals surface area contributed by atoms with Crippen LogP contribution >= 0.6 is 11.8 Å². The maximum absolute atomic E-state index is 12.0. The van der Waals surface area contributed by atoms with E-state index in [9.17, 15) is 9.59 Å². The van der Waals surface area contributed by atoms with Gasteiger partial charge in [0.15, 0.2) is 0 Å². The maximum Gasteiger partial charge on any atom is 0.242 e. The lowest BCUT2D eigenvalue weighted by Crippen LogP contribution is -2.46. The summed E-state index contributed by atoms with van der Waals surface area (Å²) >= 11 is 1.66. The Labute approximate surface area is 142 Å². The van der Waals surface area contributed by atoms with E-state index in [1.54, 1.807) is 11.8 Å². The number of aryl methyl sites for hydroxylation is 1. The molecule has 0 bridgehead atoms. The van der Waals surface area contributed by atoms with Gasteiger partial charge in [0.05, 0.1) is 5.75 Å². The van der Waals surface area contributed by atoms with E-state index in [1.165, 1.54) is 5.56 Å². The minimum atomic E-state index is -0.356. The zero-order chi connectivity index (χ0) is 16.5. The molecule has 2 rings (SSSR count). The monoisotopic (exact) mass is 334 g/mol. The number of hydrogen-bond donors (Lipinski definition) is 2. The van der Waals surface area contributed by atoms with E-state index < -0.39 is 0 Å². The predicted octanol–water partition coefficient (Wildman–Crippen LogP) is 2.53. The van der Waals surface area contributed by atoms with Gasteiger partial charge in [-0.2, -0.15) is 0 Å². The summed E-state index contributed by atoms with van der Waals surface area (Å²) in [4.78, 5) is 23.9. The van der Waals surface area contributed by atoms with Crippen molar-refractivity contribution in [2.75, 3.05) is 12.3 Å². The lowest BCUT2D eigenvalue weighted by atomic mass is 10.1. The summed E-state index contributed by atoms with van der Waals surface area (Å²) in [7, 11) is 0. The van der Waals surface area contributed by atoms with Crippen molar-refractivity contribution < 1.29 is 9.59 Å². The molecule has 1 aromatic rings. The van der Waals surface area contributed by atoms with Crippen molar-refractivity contribution in [3.63, 3.8) is 0 Å². The molecule has 0 unspecified atom stereocenters. The lowest BCUT2D eigenvalue weighted by Gasteiger charge is -2.16. The van der Waals surface area contributed by atoms with Crippen molar-refractivity contribution in [2.45, 2.75) is 50.3 Å². The Bertz CT molecular complexity index is 507. The summed E-state index contributed by atoms with van der Waals surface area (Å²) in [6.45, 7) is 2.87. The first-order valence-electron chi connectivity index (χ1n) is 8.38. The lowest BCUT2D eigenvalue weighted by molar-refractivity contribution is -0.127. The summed E-state index contributed by atoms with van der Waals surface area (Å²) < 4.78 is 0. The van der Waals surface area contributed by atoms with Crippen LogP contribution < -0.4 is 10.6 Å². The molecule has 2 atom stereocenters. The number of carbonyl (C=O) groups excluding carboxylic acids is 2. The fourth-order valence-electron chi connectivity index (χ4n) is 2.63. The molecule has 1 aliphatic rings. The summed E-state index contributed by atoms with van der Waals surface area (Å²) in [6.07, 6.45) is 4.78. The average Bonchev–Trinajstić information content (AvgIpc) is 2.77. The first-order valence-corrected chi connectivity index (χ1v) is 9.42. The molecule has 0 aromatic heterocycles. The van der Waals surface area contributed by atoms with E-state index in [0.29, 0.717) is 11.0 Å². The van der Waals surface area contributed by atoms with Gasteiger partial charge >= 0.3 is 0 Å². The van der Waals surface area contributed by atoms with Crippen LogP contribution in [-0.4, -0.2) is 35.4 Å². The van der Waals surface area contributed by atoms with Crippen LogP contribution in [0, 0.1) is 0 Å². The molecule has 1 fully saturated rings. The van der Waals surface area contributed by atoms with Crippen molar-refractivity contribution >= 4 is 23.6 Å². The molecule has 126 valence electrons. The summed E-state index contributed by atoms with van der Waals surface area (Å²) in [5.41, 5.74) is 1.33. The van der Waals surface area contributed by atoms with E-state index >= 15 is 0 Å². The van der Waals surface area contributed by atoms with Gasteiger partial charge in [-0.25, -0.2) is 0 Å². The molecule has 0 saturated carbocycles. The van der Waals surface area contributed by atoms with Crippen molar-refractivity contribution in [1.82, 2.24) is 10.6 Å². The van der Waals surface area contributed by atoms with Crippen LogP contribution in [0.1, 0.15) is 38.2 Å². The highest BCUT2D eigenvalue weighted by Crippen LogP contribution is 2.17. The Balaban J connectivity index is 1.66. The van der Waals surface area contributed by atoms with Gasteiger partial charge in [0.1, 0.15) is 6.04 Å². The van der Waals surface area contributed by atoms with Crippen LogP contribution in [0.3, 0.4) is 0 Å². The number of carbonyl (C=O) groups is 2. The first kappa shape index (κ1) is 17.9. The number of benzene rings is 1. The molecule has 4 nitrogen and oxygen atoms in total. The fraction of sp³-hybridized carbons (Fsp3) is 0.556. The molecule has 2 amide bonds. The van der Waals surface area contributed by atoms with Crippen molar-refractivity contribution in [2.24, 2.45) is 0 Å². The Morgan fingerprint density at radius 3 is 2.91 bits per heavy atom. The third-order valence-corrected chi connectivity index (χ3v) is 5.29. The van der Waals surface area contributed by atoms with Crippen LogP contribution in [0.2, 0.25) is 0 Å². The average molecular weight is 334 g/mol. The van der Waals surface area contributed by atoms with Gasteiger partial charge in [0.25, 0.3) is 0 Å². The first-order chi connectivity index (χ1) is 11.1. The van der Waals surface area contributed by atoms with Gasteiger partial charge in [0.2, 0.25) is 11.8 Å². The minimum Gasteiger partial charge on any atom is -0.354 e. The van der Waals surface area contributed by atoms with Crippen LogP contribution in [0.5, 0.6) is 0 Å². The van der Waals surface area contributed by atoms with Gasteiger partial charge in [-0.1, -0.05) is 37.3 Å². The summed E-state index contributed by atoms with van der Waals surface area (Å²) in [6, 6.07) is 10.0. The van der Waals surface area contributed by atoms with Crippen molar-refractivity contribution in [3.8, 4) is 0 Å². The number of thioether (sulfide) groups is 1. The van der Waals surface area contributed by atoms with E-state index in [1.807, 2.05) is 6.07 Å². The predicted molar refractivity (Wildman–Crippen MR) is 95.5 cm³/mol. The number of rotatable bonds is 7. The molecular formula is C18H26N2O2S. The number of nitrogens with one attached hydrogen (secondary N) is 2. The molecule has 1 aliphatic heterocycles. The van der Waals surface area contributed by atoms with Gasteiger partial charge in [0, 0.05) is 11.8 Å². The second-order valence-electron chi connectivity index (χ2n) is 6.05. The molecule has 1 heterocycles. The van der Waals surface area contributed by atoms with Crippen LogP contribution in [-0.2, 0) is 16.0 Å². The summed E-state index contributed by atoms with van der Waals surface area (Å²) in [5.74, 6) is 0.335. The SMILES string of the molecule is C[C@H](CCc1ccccc1)SCC(=O)N[C@H]1CCCCNC1=O. The van der Waals surface area contributed by atoms with E-state index in [-0.39, 0.29) is 17.9 Å². The zero-order valence-corrected chi connectivity index (χ0v) is 14.5. The maximum atomic E-state index is 12.0. The highest BCUT2D eigenvalue weighted by Gasteiger charge is 2.22. The van der Waals surface area contributed by atoms with Crippen molar-refractivity contribution in [3.05, 3.63) is 35.9 Å². The standard InChI is InChI=1S/C18H26N2O2S/c1-14(10-11-15-7-3-2-4-8-15)23-13-17(21)20-16-9-5-6-12-19-18(16)22/h2-4,7-8,14,16H,5-6,9-13H2,1H3,(H,19,22)(H,20,21)/t14-,16+/m1/s1. The smallest absolute Gasteiger partial charge is 0.242 e. The Hall–Kier alpha value is -1.49. The molecule has 23 heavy (non-hydrogen) atoms. The highest BCUT2D eigenvalue weighted by molar-refractivity contribution is 8.00. The molecule has 5 heteroatoms. The Morgan fingerprint density at radius 1 is 1.35 bits per heavy atom. The van der Waals surface area contributed by atoms with Gasteiger partial charge in [-0.3, -0.25) is 9.59 Å². The third-order valence-electron chi connectivity index (χ3n) is 4.05. The topological polar surface area (TPSA) is 58.2 Å². The molecule has 0 radical (unpaired) electrons. The Morgan fingerprint density at radius 2 is 2.13 bits per heavy atom. The van der Waals surface area contributed by atoms with Crippen LogP contribution in [0.4, 0.5) is 0 Å². The largest absolute Gasteiger partial charge is 0.354 e. The fourth-order valence-corrected chi connectivity index (χ4v) is 3.43.